The molecule has 1 aliphatic rings. The summed E-state index contributed by atoms with van der Waals surface area (Å²) in [6.07, 6.45) is 3.89. The van der Waals surface area contributed by atoms with Gasteiger partial charge in [0.15, 0.2) is 0 Å². The van der Waals surface area contributed by atoms with Crippen LogP contribution in [0.5, 0.6) is 0 Å². The Balaban J connectivity index is 1.49. The molecular weight excluding hydrogens is 338 g/mol. The Morgan fingerprint density at radius 2 is 1.78 bits per heavy atom. The van der Waals surface area contributed by atoms with Gasteiger partial charge in [-0.15, -0.1) is 0 Å². The summed E-state index contributed by atoms with van der Waals surface area (Å²) in [5, 5.41) is 7.09. The second-order valence-electron chi connectivity index (χ2n) is 7.16. The summed E-state index contributed by atoms with van der Waals surface area (Å²) >= 11 is 0. The first-order chi connectivity index (χ1) is 13.2. The largest absolute Gasteiger partial charge is 0.346 e. The molecule has 0 unspecified atom stereocenters. The Bertz CT molecular complexity index is 927. The molecule has 1 aromatic heterocycles. The summed E-state index contributed by atoms with van der Waals surface area (Å²) in [6.45, 7) is 2.25. The normalized spacial score (nSPS) is 15.6. The quantitative estimate of drug-likeness (QED) is 0.740. The number of amides is 1. The molecule has 3 aromatic rings. The van der Waals surface area contributed by atoms with Gasteiger partial charge in [-0.2, -0.15) is 4.98 Å². The van der Waals surface area contributed by atoms with Crippen LogP contribution in [0.4, 0.5) is 0 Å². The second-order valence-corrected chi connectivity index (χ2v) is 7.16. The van der Waals surface area contributed by atoms with Gasteiger partial charge in [0.2, 0.25) is 17.6 Å². The highest BCUT2D eigenvalue weighted by Crippen LogP contribution is 2.41. The van der Waals surface area contributed by atoms with Crippen molar-refractivity contribution in [3.05, 3.63) is 71.6 Å². The van der Waals surface area contributed by atoms with Crippen LogP contribution in [0.1, 0.15) is 42.7 Å². The summed E-state index contributed by atoms with van der Waals surface area (Å²) in [5.41, 5.74) is 2.67. The zero-order valence-corrected chi connectivity index (χ0v) is 15.4. The smallest absolute Gasteiger partial charge is 0.246 e. The van der Waals surface area contributed by atoms with E-state index in [1.54, 1.807) is 0 Å². The highest BCUT2D eigenvalue weighted by molar-refractivity contribution is 5.88. The number of nitrogens with zero attached hydrogens (tertiary/aromatic N) is 2. The third-order valence-corrected chi connectivity index (χ3v) is 5.47. The van der Waals surface area contributed by atoms with Crippen molar-refractivity contribution in [1.82, 2.24) is 15.5 Å². The van der Waals surface area contributed by atoms with Gasteiger partial charge in [0.1, 0.15) is 0 Å². The van der Waals surface area contributed by atoms with E-state index in [1.165, 1.54) is 0 Å². The van der Waals surface area contributed by atoms with E-state index in [0.717, 1.165) is 42.4 Å². The van der Waals surface area contributed by atoms with Crippen molar-refractivity contribution in [2.24, 2.45) is 0 Å². The van der Waals surface area contributed by atoms with Gasteiger partial charge in [0, 0.05) is 5.56 Å². The second kappa shape index (κ2) is 7.35. The van der Waals surface area contributed by atoms with Crippen LogP contribution in [0.3, 0.4) is 0 Å². The highest BCUT2D eigenvalue weighted by atomic mass is 16.5. The Hall–Kier alpha value is -2.95. The monoisotopic (exact) mass is 361 g/mol. The molecule has 0 aliphatic heterocycles. The molecule has 5 heteroatoms. The standard InChI is InChI=1S/C22H23N3O2/c1-16-9-5-6-12-18(16)20-24-19(27-25-20)15-23-21(26)22(13-7-8-14-22)17-10-3-2-4-11-17/h2-6,9-12H,7-8,13-15H2,1H3,(H,23,26). The van der Waals surface area contributed by atoms with E-state index >= 15 is 0 Å². The minimum atomic E-state index is -0.444. The number of benzene rings is 2. The fourth-order valence-electron chi connectivity index (χ4n) is 3.97. The summed E-state index contributed by atoms with van der Waals surface area (Å²) in [5.74, 6) is 1.01. The summed E-state index contributed by atoms with van der Waals surface area (Å²) in [7, 11) is 0. The van der Waals surface area contributed by atoms with Crippen molar-refractivity contribution in [1.29, 1.82) is 0 Å². The van der Waals surface area contributed by atoms with Gasteiger partial charge >= 0.3 is 0 Å². The average molecular weight is 361 g/mol. The summed E-state index contributed by atoms with van der Waals surface area (Å²) in [4.78, 5) is 17.5. The van der Waals surface area contributed by atoms with Crippen LogP contribution in [0, 0.1) is 6.92 Å². The lowest BCUT2D eigenvalue weighted by atomic mass is 9.78. The fraction of sp³-hybridized carbons (Fsp3) is 0.318. The first kappa shape index (κ1) is 17.5. The van der Waals surface area contributed by atoms with Crippen LogP contribution in [-0.2, 0) is 16.8 Å². The zero-order chi connectivity index (χ0) is 18.7. The molecule has 2 aromatic carbocycles. The molecule has 5 nitrogen and oxygen atoms in total. The van der Waals surface area contributed by atoms with Crippen LogP contribution >= 0.6 is 0 Å². The van der Waals surface area contributed by atoms with Crippen molar-refractivity contribution in [3.8, 4) is 11.4 Å². The maximum Gasteiger partial charge on any atom is 0.246 e. The fourth-order valence-corrected chi connectivity index (χ4v) is 3.97. The summed E-state index contributed by atoms with van der Waals surface area (Å²) in [6, 6.07) is 18.0. The van der Waals surface area contributed by atoms with Crippen molar-refractivity contribution < 1.29 is 9.32 Å². The topological polar surface area (TPSA) is 68.0 Å². The van der Waals surface area contributed by atoms with Crippen molar-refractivity contribution in [2.45, 2.75) is 44.6 Å². The van der Waals surface area contributed by atoms with Gasteiger partial charge in [-0.05, 0) is 30.9 Å². The predicted molar refractivity (Wildman–Crippen MR) is 103 cm³/mol. The van der Waals surface area contributed by atoms with Crippen LogP contribution in [0.25, 0.3) is 11.4 Å². The lowest BCUT2D eigenvalue weighted by molar-refractivity contribution is -0.127. The van der Waals surface area contributed by atoms with E-state index in [1.807, 2.05) is 61.5 Å². The Kier molecular flexibility index (Phi) is 4.75. The molecule has 4 rings (SSSR count). The third kappa shape index (κ3) is 3.37. The van der Waals surface area contributed by atoms with E-state index in [0.29, 0.717) is 11.7 Å². The van der Waals surface area contributed by atoms with Gasteiger partial charge in [-0.1, -0.05) is 72.6 Å². The number of hydrogen-bond donors (Lipinski definition) is 1. The van der Waals surface area contributed by atoms with Crippen LogP contribution in [-0.4, -0.2) is 16.0 Å². The van der Waals surface area contributed by atoms with Gasteiger partial charge in [-0.3, -0.25) is 4.79 Å². The molecule has 0 atom stereocenters. The minimum absolute atomic E-state index is 0.0434. The number of carbonyl (C=O) groups excluding carboxylic acids is 1. The number of aromatic nitrogens is 2. The van der Waals surface area contributed by atoms with E-state index < -0.39 is 5.41 Å². The molecule has 0 radical (unpaired) electrons. The van der Waals surface area contributed by atoms with Crippen LogP contribution < -0.4 is 5.32 Å². The van der Waals surface area contributed by atoms with Gasteiger partial charge in [-0.25, -0.2) is 0 Å². The van der Waals surface area contributed by atoms with E-state index in [4.69, 9.17) is 4.52 Å². The minimum Gasteiger partial charge on any atom is -0.346 e. The maximum absolute atomic E-state index is 13.1. The Morgan fingerprint density at radius 3 is 2.52 bits per heavy atom. The molecule has 138 valence electrons. The zero-order valence-electron chi connectivity index (χ0n) is 15.4. The van der Waals surface area contributed by atoms with Gasteiger partial charge in [0.05, 0.1) is 12.0 Å². The number of nitrogens with one attached hydrogen (secondary N) is 1. The van der Waals surface area contributed by atoms with E-state index in [2.05, 4.69) is 15.5 Å². The molecular formula is C22H23N3O2. The predicted octanol–water partition coefficient (Wildman–Crippen LogP) is 4.17. The van der Waals surface area contributed by atoms with Crippen molar-refractivity contribution >= 4 is 5.91 Å². The lowest BCUT2D eigenvalue weighted by Crippen LogP contribution is -2.42. The Morgan fingerprint density at radius 1 is 1.07 bits per heavy atom. The van der Waals surface area contributed by atoms with Crippen molar-refractivity contribution in [3.63, 3.8) is 0 Å². The molecule has 1 heterocycles. The molecule has 0 bridgehead atoms. The van der Waals surface area contributed by atoms with E-state index in [-0.39, 0.29) is 12.5 Å². The molecule has 1 saturated carbocycles. The first-order valence-electron chi connectivity index (χ1n) is 9.41. The third-order valence-electron chi connectivity index (χ3n) is 5.47. The summed E-state index contributed by atoms with van der Waals surface area (Å²) < 4.78 is 5.35. The van der Waals surface area contributed by atoms with Gasteiger partial charge in [0.25, 0.3) is 0 Å². The lowest BCUT2D eigenvalue weighted by Gasteiger charge is -2.28. The van der Waals surface area contributed by atoms with Crippen LogP contribution in [0.15, 0.2) is 59.1 Å². The molecule has 27 heavy (non-hydrogen) atoms. The maximum atomic E-state index is 13.1. The number of rotatable bonds is 5. The Labute approximate surface area is 158 Å². The molecule has 0 saturated heterocycles. The van der Waals surface area contributed by atoms with Crippen molar-refractivity contribution in [2.75, 3.05) is 0 Å². The molecule has 1 amide bonds. The number of hydrogen-bond acceptors (Lipinski definition) is 4. The molecule has 1 N–H and O–H groups in total. The SMILES string of the molecule is Cc1ccccc1-c1noc(CNC(=O)C2(c3ccccc3)CCCC2)n1. The van der Waals surface area contributed by atoms with E-state index in [9.17, 15) is 4.79 Å². The van der Waals surface area contributed by atoms with Crippen LogP contribution in [0.2, 0.25) is 0 Å². The molecule has 1 aliphatic carbocycles. The molecule has 0 spiro atoms. The highest BCUT2D eigenvalue weighted by Gasteiger charge is 2.42. The number of aryl methyl sites for hydroxylation is 1. The first-order valence-corrected chi connectivity index (χ1v) is 9.41. The average Bonchev–Trinajstić information content (AvgIpc) is 3.38. The number of carbonyl (C=O) groups is 1. The van der Waals surface area contributed by atoms with Gasteiger partial charge < -0.3 is 9.84 Å². The molecule has 1 fully saturated rings.